The van der Waals surface area contributed by atoms with Crippen LogP contribution in [0.25, 0.3) is 22.3 Å². The van der Waals surface area contributed by atoms with Gasteiger partial charge < -0.3 is 4.90 Å². The van der Waals surface area contributed by atoms with Crippen molar-refractivity contribution in [1.82, 2.24) is 24.5 Å². The number of pyridine rings is 1. The molecule has 0 spiro atoms. The van der Waals surface area contributed by atoms with E-state index < -0.39 is 0 Å². The van der Waals surface area contributed by atoms with Gasteiger partial charge in [-0.05, 0) is 49.9 Å². The molecule has 5 rings (SSSR count). The summed E-state index contributed by atoms with van der Waals surface area (Å²) in [5, 5.41) is 0. The Kier molecular flexibility index (Phi) is 5.16. The van der Waals surface area contributed by atoms with Gasteiger partial charge in [-0.1, -0.05) is 12.1 Å². The quantitative estimate of drug-likeness (QED) is 0.511. The molecule has 1 fully saturated rings. The van der Waals surface area contributed by atoms with Gasteiger partial charge in [-0.2, -0.15) is 0 Å². The molecule has 3 aromatic heterocycles. The lowest BCUT2D eigenvalue weighted by atomic mass is 9.96. The number of aryl methyl sites for hydroxylation is 1. The zero-order valence-electron chi connectivity index (χ0n) is 17.5. The standard InChI is InChI=1S/C24H24N6O/c1-17-24(28-21-5-3-2-4-20(21)27-17)29-12-8-18(9-13-29)15-30-16-26-22(14-23(30)31)19-6-10-25-11-7-19/h2-7,10-11,14,16,18H,8-9,12-13,15H2,1H3. The van der Waals surface area contributed by atoms with Crippen LogP contribution in [0.4, 0.5) is 5.82 Å². The van der Waals surface area contributed by atoms with Gasteiger partial charge in [0.05, 0.1) is 28.7 Å². The lowest BCUT2D eigenvalue weighted by Gasteiger charge is -2.33. The van der Waals surface area contributed by atoms with Crippen LogP contribution < -0.4 is 10.5 Å². The second kappa shape index (κ2) is 8.26. The number of anilines is 1. The van der Waals surface area contributed by atoms with Crippen molar-refractivity contribution in [2.45, 2.75) is 26.3 Å². The van der Waals surface area contributed by atoms with Crippen LogP contribution in [0.1, 0.15) is 18.5 Å². The number of hydrogen-bond acceptors (Lipinski definition) is 6. The summed E-state index contributed by atoms with van der Waals surface area (Å²) in [6, 6.07) is 13.3. The third-order valence-electron chi connectivity index (χ3n) is 5.94. The molecule has 0 N–H and O–H groups in total. The zero-order chi connectivity index (χ0) is 21.2. The number of nitrogens with zero attached hydrogens (tertiary/aromatic N) is 6. The highest BCUT2D eigenvalue weighted by molar-refractivity contribution is 5.76. The highest BCUT2D eigenvalue weighted by Gasteiger charge is 2.23. The Hall–Kier alpha value is -3.61. The number of para-hydroxylation sites is 2. The molecule has 0 amide bonds. The molecule has 1 saturated heterocycles. The number of benzene rings is 1. The van der Waals surface area contributed by atoms with Gasteiger partial charge in [-0.25, -0.2) is 15.0 Å². The molecular formula is C24H24N6O. The Morgan fingerprint density at radius 3 is 2.42 bits per heavy atom. The number of fused-ring (bicyclic) bond motifs is 1. The Morgan fingerprint density at radius 2 is 1.71 bits per heavy atom. The molecule has 0 bridgehead atoms. The molecule has 7 heteroatoms. The number of piperidine rings is 1. The molecule has 7 nitrogen and oxygen atoms in total. The van der Waals surface area contributed by atoms with Crippen molar-refractivity contribution >= 4 is 16.9 Å². The average Bonchev–Trinajstić information content (AvgIpc) is 2.81. The lowest BCUT2D eigenvalue weighted by Crippen LogP contribution is -2.37. The summed E-state index contributed by atoms with van der Waals surface area (Å²) < 4.78 is 1.73. The van der Waals surface area contributed by atoms with E-state index in [0.717, 1.165) is 54.0 Å². The summed E-state index contributed by atoms with van der Waals surface area (Å²) in [5.74, 6) is 1.41. The second-order valence-corrected chi connectivity index (χ2v) is 8.05. The Balaban J connectivity index is 1.26. The summed E-state index contributed by atoms with van der Waals surface area (Å²) in [4.78, 5) is 33.0. The number of aromatic nitrogens is 5. The van der Waals surface area contributed by atoms with Crippen molar-refractivity contribution in [3.05, 3.63) is 77.2 Å². The maximum atomic E-state index is 12.6. The van der Waals surface area contributed by atoms with Crippen LogP contribution in [0.15, 0.2) is 66.0 Å². The fourth-order valence-electron chi connectivity index (χ4n) is 4.23. The van der Waals surface area contributed by atoms with Crippen LogP contribution in [-0.2, 0) is 6.54 Å². The number of hydrogen-bond donors (Lipinski definition) is 0. The van der Waals surface area contributed by atoms with E-state index in [0.29, 0.717) is 18.2 Å². The molecule has 1 aliphatic heterocycles. The minimum absolute atomic E-state index is 0.0134. The number of rotatable bonds is 4. The van der Waals surface area contributed by atoms with Crippen molar-refractivity contribution in [1.29, 1.82) is 0 Å². The minimum atomic E-state index is -0.0134. The monoisotopic (exact) mass is 412 g/mol. The van der Waals surface area contributed by atoms with E-state index in [4.69, 9.17) is 9.97 Å². The largest absolute Gasteiger partial charge is 0.355 e. The first kappa shape index (κ1) is 19.4. The normalized spacial score (nSPS) is 14.8. The summed E-state index contributed by atoms with van der Waals surface area (Å²) in [5.41, 5.74) is 4.39. The highest BCUT2D eigenvalue weighted by Crippen LogP contribution is 2.26. The van der Waals surface area contributed by atoms with Gasteiger partial charge in [-0.3, -0.25) is 14.3 Å². The van der Waals surface area contributed by atoms with Crippen molar-refractivity contribution in [3.63, 3.8) is 0 Å². The Labute approximate surface area is 180 Å². The topological polar surface area (TPSA) is 76.8 Å². The van der Waals surface area contributed by atoms with Gasteiger partial charge in [0.1, 0.15) is 0 Å². The summed E-state index contributed by atoms with van der Waals surface area (Å²) in [6.45, 7) is 4.54. The molecule has 31 heavy (non-hydrogen) atoms. The van der Waals surface area contributed by atoms with E-state index in [-0.39, 0.29) is 5.56 Å². The molecule has 156 valence electrons. The van der Waals surface area contributed by atoms with Crippen LogP contribution in [0.5, 0.6) is 0 Å². The molecule has 1 aromatic carbocycles. The molecule has 1 aliphatic rings. The Bertz CT molecular complexity index is 1260. The fourth-order valence-corrected chi connectivity index (χ4v) is 4.23. The third-order valence-corrected chi connectivity index (χ3v) is 5.94. The molecular weight excluding hydrogens is 388 g/mol. The first-order chi connectivity index (χ1) is 15.2. The predicted molar refractivity (Wildman–Crippen MR) is 121 cm³/mol. The average molecular weight is 412 g/mol. The first-order valence-electron chi connectivity index (χ1n) is 10.6. The zero-order valence-corrected chi connectivity index (χ0v) is 17.5. The van der Waals surface area contributed by atoms with Gasteiger partial charge in [0.2, 0.25) is 0 Å². The fraction of sp³-hybridized carbons (Fsp3) is 0.292. The van der Waals surface area contributed by atoms with Crippen LogP contribution in [-0.4, -0.2) is 37.6 Å². The van der Waals surface area contributed by atoms with Crippen LogP contribution in [0, 0.1) is 12.8 Å². The first-order valence-corrected chi connectivity index (χ1v) is 10.6. The van der Waals surface area contributed by atoms with Crippen molar-refractivity contribution < 1.29 is 0 Å². The maximum absolute atomic E-state index is 12.6. The summed E-state index contributed by atoms with van der Waals surface area (Å²) >= 11 is 0. The third kappa shape index (κ3) is 4.03. The summed E-state index contributed by atoms with van der Waals surface area (Å²) in [6.07, 6.45) is 7.10. The molecule has 0 unspecified atom stereocenters. The lowest BCUT2D eigenvalue weighted by molar-refractivity contribution is 0.350. The second-order valence-electron chi connectivity index (χ2n) is 8.05. The molecule has 0 atom stereocenters. The SMILES string of the molecule is Cc1nc2ccccc2nc1N1CCC(Cn2cnc(-c3ccncc3)cc2=O)CC1. The minimum Gasteiger partial charge on any atom is -0.355 e. The molecule has 4 heterocycles. The van der Waals surface area contributed by atoms with Crippen LogP contribution in [0.3, 0.4) is 0 Å². The maximum Gasteiger partial charge on any atom is 0.253 e. The van der Waals surface area contributed by atoms with E-state index in [9.17, 15) is 4.79 Å². The van der Waals surface area contributed by atoms with E-state index >= 15 is 0 Å². The van der Waals surface area contributed by atoms with Crippen LogP contribution in [0.2, 0.25) is 0 Å². The van der Waals surface area contributed by atoms with Crippen molar-refractivity contribution in [2.24, 2.45) is 5.92 Å². The molecule has 0 radical (unpaired) electrons. The molecule has 0 saturated carbocycles. The van der Waals surface area contributed by atoms with E-state index in [2.05, 4.69) is 14.9 Å². The molecule has 4 aromatic rings. The van der Waals surface area contributed by atoms with Gasteiger partial charge in [0.15, 0.2) is 5.82 Å². The van der Waals surface area contributed by atoms with E-state index in [1.807, 2.05) is 43.3 Å². The van der Waals surface area contributed by atoms with Crippen molar-refractivity contribution in [3.8, 4) is 11.3 Å². The van der Waals surface area contributed by atoms with Crippen LogP contribution >= 0.6 is 0 Å². The van der Waals surface area contributed by atoms with Gasteiger partial charge >= 0.3 is 0 Å². The predicted octanol–water partition coefficient (Wildman–Crippen LogP) is 3.47. The summed E-state index contributed by atoms with van der Waals surface area (Å²) in [7, 11) is 0. The van der Waals surface area contributed by atoms with Gasteiger partial charge in [0.25, 0.3) is 5.56 Å². The molecule has 0 aliphatic carbocycles. The highest BCUT2D eigenvalue weighted by atomic mass is 16.1. The smallest absolute Gasteiger partial charge is 0.253 e. The van der Waals surface area contributed by atoms with Gasteiger partial charge in [-0.15, -0.1) is 0 Å². The Morgan fingerprint density at radius 1 is 1.00 bits per heavy atom. The van der Waals surface area contributed by atoms with Gasteiger partial charge in [0, 0.05) is 43.7 Å². The van der Waals surface area contributed by atoms with E-state index in [1.165, 1.54) is 0 Å². The van der Waals surface area contributed by atoms with E-state index in [1.54, 1.807) is 29.4 Å². The van der Waals surface area contributed by atoms with Crippen molar-refractivity contribution in [2.75, 3.05) is 18.0 Å².